The summed E-state index contributed by atoms with van der Waals surface area (Å²) in [5.74, 6) is 0.874. The average Bonchev–Trinajstić information content (AvgIpc) is 2.96. The molecule has 0 saturated carbocycles. The molecule has 0 bridgehead atoms. The van der Waals surface area contributed by atoms with Gasteiger partial charge in [-0.05, 0) is 30.7 Å². The molecule has 0 radical (unpaired) electrons. The number of aromatic nitrogens is 1. The van der Waals surface area contributed by atoms with Crippen molar-refractivity contribution in [2.45, 2.75) is 31.9 Å². The number of fused-ring (bicyclic) bond motifs is 1. The van der Waals surface area contributed by atoms with E-state index in [1.165, 1.54) is 0 Å². The third-order valence-corrected chi connectivity index (χ3v) is 4.26. The summed E-state index contributed by atoms with van der Waals surface area (Å²) >= 11 is 0. The number of nitrogens with one attached hydrogen (secondary N) is 2. The summed E-state index contributed by atoms with van der Waals surface area (Å²) in [5, 5.41) is 6.32. The van der Waals surface area contributed by atoms with Gasteiger partial charge in [0.1, 0.15) is 5.75 Å². The lowest BCUT2D eigenvalue weighted by molar-refractivity contribution is -0.127. The first-order chi connectivity index (χ1) is 11.8. The predicted octanol–water partition coefficient (Wildman–Crippen LogP) is 2.24. The average molecular weight is 325 g/mol. The summed E-state index contributed by atoms with van der Waals surface area (Å²) in [4.78, 5) is 16.4. The number of para-hydroxylation sites is 1. The highest BCUT2D eigenvalue weighted by Crippen LogP contribution is 2.37. The van der Waals surface area contributed by atoms with Crippen LogP contribution in [-0.2, 0) is 11.3 Å². The summed E-state index contributed by atoms with van der Waals surface area (Å²) in [5.41, 5.74) is 2.27. The fraction of sp³-hybridized carbons (Fsp3) is 0.368. The normalized spacial score (nSPS) is 18.7. The van der Waals surface area contributed by atoms with Crippen molar-refractivity contribution in [2.24, 2.45) is 0 Å². The highest BCUT2D eigenvalue weighted by Gasteiger charge is 2.35. The van der Waals surface area contributed by atoms with E-state index in [-0.39, 0.29) is 11.8 Å². The van der Waals surface area contributed by atoms with Crippen molar-refractivity contribution in [3.63, 3.8) is 0 Å². The van der Waals surface area contributed by atoms with Crippen LogP contribution in [0.4, 0.5) is 0 Å². The molecule has 5 heteroatoms. The van der Waals surface area contributed by atoms with Crippen molar-refractivity contribution in [3.8, 4) is 5.75 Å². The zero-order valence-corrected chi connectivity index (χ0v) is 13.9. The van der Waals surface area contributed by atoms with Gasteiger partial charge in [-0.2, -0.15) is 0 Å². The molecule has 1 aliphatic rings. The van der Waals surface area contributed by atoms with E-state index in [1.54, 1.807) is 6.20 Å². The number of carbonyl (C=O) groups excluding carboxylic acids is 1. The van der Waals surface area contributed by atoms with Gasteiger partial charge in [0.05, 0.1) is 0 Å². The first kappa shape index (κ1) is 16.5. The Kier molecular flexibility index (Phi) is 5.43. The standard InChI is InChI=1S/C19H23N3O2/c1-14-16-7-2-3-8-17(16)24-18(14)19(23)22-11-5-10-21-13-15-6-4-9-20-12-15/h2-4,6-9,12,14,18,21H,5,10-11,13H2,1H3,(H,22,23)/t14-,18-/m1/s1. The monoisotopic (exact) mass is 325 g/mol. The number of pyridine rings is 1. The molecule has 0 spiro atoms. The Morgan fingerprint density at radius 1 is 1.21 bits per heavy atom. The van der Waals surface area contributed by atoms with Gasteiger partial charge in [0.25, 0.3) is 5.91 Å². The maximum absolute atomic E-state index is 12.3. The SMILES string of the molecule is C[C@@H]1c2ccccc2O[C@H]1C(=O)NCCCNCc1cccnc1. The molecular weight excluding hydrogens is 302 g/mol. The van der Waals surface area contributed by atoms with Crippen LogP contribution in [0.25, 0.3) is 0 Å². The van der Waals surface area contributed by atoms with Crippen LogP contribution in [0.3, 0.4) is 0 Å². The van der Waals surface area contributed by atoms with Gasteiger partial charge < -0.3 is 15.4 Å². The van der Waals surface area contributed by atoms with Crippen LogP contribution in [0.1, 0.15) is 30.4 Å². The zero-order chi connectivity index (χ0) is 16.8. The molecular formula is C19H23N3O2. The van der Waals surface area contributed by atoms with Gasteiger partial charge in [0, 0.05) is 37.0 Å². The van der Waals surface area contributed by atoms with Gasteiger partial charge in [-0.1, -0.05) is 31.2 Å². The quantitative estimate of drug-likeness (QED) is 0.767. The number of amides is 1. The van der Waals surface area contributed by atoms with Gasteiger partial charge in [-0.3, -0.25) is 9.78 Å². The van der Waals surface area contributed by atoms with Gasteiger partial charge in [-0.25, -0.2) is 0 Å². The van der Waals surface area contributed by atoms with Crippen LogP contribution in [0.2, 0.25) is 0 Å². The Morgan fingerprint density at radius 2 is 2.08 bits per heavy atom. The van der Waals surface area contributed by atoms with Gasteiger partial charge in [0.15, 0.2) is 6.10 Å². The van der Waals surface area contributed by atoms with Crippen LogP contribution in [0.5, 0.6) is 5.75 Å². The van der Waals surface area contributed by atoms with E-state index in [4.69, 9.17) is 4.74 Å². The van der Waals surface area contributed by atoms with E-state index in [9.17, 15) is 4.79 Å². The Morgan fingerprint density at radius 3 is 2.88 bits per heavy atom. The number of ether oxygens (including phenoxy) is 1. The Bertz CT molecular complexity index is 675. The fourth-order valence-electron chi connectivity index (χ4n) is 2.91. The Labute approximate surface area is 142 Å². The number of hydrogen-bond donors (Lipinski definition) is 2. The number of carbonyl (C=O) groups is 1. The highest BCUT2D eigenvalue weighted by molar-refractivity contribution is 5.83. The van der Waals surface area contributed by atoms with Crippen molar-refractivity contribution in [1.82, 2.24) is 15.6 Å². The molecule has 1 aromatic carbocycles. The Balaban J connectivity index is 1.35. The van der Waals surface area contributed by atoms with Crippen molar-refractivity contribution < 1.29 is 9.53 Å². The molecule has 2 aromatic rings. The minimum absolute atomic E-state index is 0.0361. The number of hydrogen-bond acceptors (Lipinski definition) is 4. The second kappa shape index (κ2) is 7.93. The first-order valence-corrected chi connectivity index (χ1v) is 8.38. The third-order valence-electron chi connectivity index (χ3n) is 4.26. The van der Waals surface area contributed by atoms with E-state index in [0.717, 1.165) is 36.4 Å². The Hall–Kier alpha value is -2.40. The van der Waals surface area contributed by atoms with Crippen molar-refractivity contribution in [1.29, 1.82) is 0 Å². The minimum atomic E-state index is -0.425. The predicted molar refractivity (Wildman–Crippen MR) is 92.8 cm³/mol. The molecule has 2 heterocycles. The van der Waals surface area contributed by atoms with E-state index in [1.807, 2.05) is 49.5 Å². The fourth-order valence-corrected chi connectivity index (χ4v) is 2.91. The number of rotatable bonds is 7. The van der Waals surface area contributed by atoms with Crippen molar-refractivity contribution in [3.05, 3.63) is 59.9 Å². The molecule has 0 fully saturated rings. The maximum Gasteiger partial charge on any atom is 0.261 e. The van der Waals surface area contributed by atoms with E-state index in [2.05, 4.69) is 15.6 Å². The molecule has 5 nitrogen and oxygen atoms in total. The molecule has 0 aliphatic carbocycles. The molecule has 24 heavy (non-hydrogen) atoms. The van der Waals surface area contributed by atoms with Crippen LogP contribution < -0.4 is 15.4 Å². The van der Waals surface area contributed by atoms with Crippen molar-refractivity contribution in [2.75, 3.05) is 13.1 Å². The zero-order valence-electron chi connectivity index (χ0n) is 13.9. The molecule has 0 saturated heterocycles. The van der Waals surface area contributed by atoms with Crippen LogP contribution in [0, 0.1) is 0 Å². The first-order valence-electron chi connectivity index (χ1n) is 8.38. The van der Waals surface area contributed by atoms with E-state index in [0.29, 0.717) is 6.54 Å². The molecule has 0 unspecified atom stereocenters. The lowest BCUT2D eigenvalue weighted by Gasteiger charge is -2.15. The van der Waals surface area contributed by atoms with Crippen LogP contribution in [-0.4, -0.2) is 30.1 Å². The summed E-state index contributed by atoms with van der Waals surface area (Å²) in [6.07, 6.45) is 4.07. The van der Waals surface area contributed by atoms with E-state index < -0.39 is 6.10 Å². The van der Waals surface area contributed by atoms with Crippen LogP contribution in [0.15, 0.2) is 48.8 Å². The molecule has 1 aliphatic heterocycles. The molecule has 1 amide bonds. The maximum atomic E-state index is 12.3. The summed E-state index contributed by atoms with van der Waals surface area (Å²) < 4.78 is 5.78. The summed E-state index contributed by atoms with van der Waals surface area (Å²) in [7, 11) is 0. The second-order valence-corrected chi connectivity index (χ2v) is 6.05. The highest BCUT2D eigenvalue weighted by atomic mass is 16.5. The number of nitrogens with zero attached hydrogens (tertiary/aromatic N) is 1. The molecule has 3 rings (SSSR count). The number of benzene rings is 1. The van der Waals surface area contributed by atoms with Gasteiger partial charge in [0.2, 0.25) is 0 Å². The summed E-state index contributed by atoms with van der Waals surface area (Å²) in [6, 6.07) is 11.8. The largest absolute Gasteiger partial charge is 0.480 e. The van der Waals surface area contributed by atoms with E-state index >= 15 is 0 Å². The van der Waals surface area contributed by atoms with Gasteiger partial charge in [-0.15, -0.1) is 0 Å². The smallest absolute Gasteiger partial charge is 0.261 e. The molecule has 126 valence electrons. The molecule has 1 aromatic heterocycles. The van der Waals surface area contributed by atoms with Gasteiger partial charge >= 0.3 is 0 Å². The van der Waals surface area contributed by atoms with Crippen LogP contribution >= 0.6 is 0 Å². The minimum Gasteiger partial charge on any atom is -0.480 e. The van der Waals surface area contributed by atoms with Crippen molar-refractivity contribution >= 4 is 5.91 Å². The lowest BCUT2D eigenvalue weighted by Crippen LogP contribution is -2.39. The second-order valence-electron chi connectivity index (χ2n) is 6.05. The lowest BCUT2D eigenvalue weighted by atomic mass is 9.97. The summed E-state index contributed by atoms with van der Waals surface area (Å²) in [6.45, 7) is 4.31. The topological polar surface area (TPSA) is 63.2 Å². The third kappa shape index (κ3) is 3.92. The molecule has 2 atom stereocenters. The molecule has 2 N–H and O–H groups in total.